The zero-order valence-electron chi connectivity index (χ0n) is 12.1. The van der Waals surface area contributed by atoms with Crippen LogP contribution in [0.3, 0.4) is 0 Å². The van der Waals surface area contributed by atoms with Crippen LogP contribution >= 0.6 is 11.3 Å². The van der Waals surface area contributed by atoms with Gasteiger partial charge in [0.2, 0.25) is 11.8 Å². The van der Waals surface area contributed by atoms with E-state index in [1.54, 1.807) is 16.3 Å². The van der Waals surface area contributed by atoms with E-state index in [1.165, 1.54) is 23.7 Å². The van der Waals surface area contributed by atoms with E-state index in [0.29, 0.717) is 23.8 Å². The van der Waals surface area contributed by atoms with Crippen LogP contribution in [-0.2, 0) is 16.0 Å². The second-order valence-electron chi connectivity index (χ2n) is 4.93. The maximum absolute atomic E-state index is 11.8. The Morgan fingerprint density at radius 2 is 2.26 bits per heavy atom. The SMILES string of the molecule is O=C(Cc1csc(N2CCCC2=O)n1)NNC(=O)c1ccco1. The number of hydrogen-bond donors (Lipinski definition) is 2. The van der Waals surface area contributed by atoms with Crippen molar-refractivity contribution in [2.75, 3.05) is 11.4 Å². The van der Waals surface area contributed by atoms with E-state index in [2.05, 4.69) is 15.8 Å². The summed E-state index contributed by atoms with van der Waals surface area (Å²) in [6.07, 6.45) is 2.74. The molecular weight excluding hydrogens is 320 g/mol. The lowest BCUT2D eigenvalue weighted by Gasteiger charge is -2.10. The summed E-state index contributed by atoms with van der Waals surface area (Å²) in [6.45, 7) is 0.664. The molecule has 0 aliphatic carbocycles. The van der Waals surface area contributed by atoms with Gasteiger partial charge >= 0.3 is 5.91 Å². The Labute approximate surface area is 135 Å². The van der Waals surface area contributed by atoms with Crippen LogP contribution < -0.4 is 15.8 Å². The molecule has 1 fully saturated rings. The molecule has 3 rings (SSSR count). The summed E-state index contributed by atoms with van der Waals surface area (Å²) in [6, 6.07) is 3.06. The first-order chi connectivity index (χ1) is 11.1. The fraction of sp³-hybridized carbons (Fsp3) is 0.286. The molecule has 3 heterocycles. The Morgan fingerprint density at radius 3 is 2.96 bits per heavy atom. The van der Waals surface area contributed by atoms with Crippen molar-refractivity contribution in [3.63, 3.8) is 0 Å². The largest absolute Gasteiger partial charge is 0.459 e. The molecule has 3 amide bonds. The first kappa shape index (κ1) is 15.2. The minimum atomic E-state index is -0.537. The third-order valence-electron chi connectivity index (χ3n) is 3.25. The molecule has 2 aromatic rings. The Morgan fingerprint density at radius 1 is 1.39 bits per heavy atom. The predicted octanol–water partition coefficient (Wildman–Crippen LogP) is 0.867. The highest BCUT2D eigenvalue weighted by Crippen LogP contribution is 2.25. The molecule has 0 radical (unpaired) electrons. The van der Waals surface area contributed by atoms with Crippen LogP contribution in [0.1, 0.15) is 29.1 Å². The van der Waals surface area contributed by atoms with Crippen molar-refractivity contribution >= 4 is 34.2 Å². The van der Waals surface area contributed by atoms with Gasteiger partial charge in [0.25, 0.3) is 0 Å². The van der Waals surface area contributed by atoms with E-state index < -0.39 is 11.8 Å². The number of carbonyl (C=O) groups is 3. The molecule has 0 unspecified atom stereocenters. The number of anilines is 1. The molecule has 0 saturated carbocycles. The molecule has 23 heavy (non-hydrogen) atoms. The molecule has 120 valence electrons. The van der Waals surface area contributed by atoms with Crippen molar-refractivity contribution in [2.45, 2.75) is 19.3 Å². The van der Waals surface area contributed by atoms with Crippen molar-refractivity contribution in [3.05, 3.63) is 35.2 Å². The molecular formula is C14H14N4O4S. The zero-order chi connectivity index (χ0) is 16.2. The monoisotopic (exact) mass is 334 g/mol. The number of nitrogens with zero attached hydrogens (tertiary/aromatic N) is 2. The Hall–Kier alpha value is -2.68. The fourth-order valence-corrected chi connectivity index (χ4v) is 3.02. The number of carbonyl (C=O) groups excluding carboxylic acids is 3. The predicted molar refractivity (Wildman–Crippen MR) is 81.7 cm³/mol. The van der Waals surface area contributed by atoms with Gasteiger partial charge in [-0.2, -0.15) is 0 Å². The summed E-state index contributed by atoms with van der Waals surface area (Å²) in [4.78, 5) is 41.0. The van der Waals surface area contributed by atoms with Crippen molar-refractivity contribution < 1.29 is 18.8 Å². The number of nitrogens with one attached hydrogen (secondary N) is 2. The maximum Gasteiger partial charge on any atom is 0.305 e. The quantitative estimate of drug-likeness (QED) is 0.807. The first-order valence-electron chi connectivity index (χ1n) is 7.01. The highest BCUT2D eigenvalue weighted by atomic mass is 32.1. The van der Waals surface area contributed by atoms with Gasteiger partial charge in [-0.1, -0.05) is 0 Å². The van der Waals surface area contributed by atoms with Crippen molar-refractivity contribution in [3.8, 4) is 0 Å². The molecule has 1 aliphatic heterocycles. The normalized spacial score (nSPS) is 14.1. The van der Waals surface area contributed by atoms with Crippen molar-refractivity contribution in [1.82, 2.24) is 15.8 Å². The summed E-state index contributed by atoms with van der Waals surface area (Å²) in [5.41, 5.74) is 5.10. The van der Waals surface area contributed by atoms with Gasteiger partial charge in [0.15, 0.2) is 10.9 Å². The number of amides is 3. The number of hydrazine groups is 1. The number of rotatable bonds is 4. The summed E-state index contributed by atoms with van der Waals surface area (Å²) >= 11 is 1.33. The highest BCUT2D eigenvalue weighted by molar-refractivity contribution is 7.14. The van der Waals surface area contributed by atoms with E-state index in [0.717, 1.165) is 6.42 Å². The first-order valence-corrected chi connectivity index (χ1v) is 7.89. The Kier molecular flexibility index (Phi) is 4.38. The van der Waals surface area contributed by atoms with E-state index >= 15 is 0 Å². The number of hydrogen-bond acceptors (Lipinski definition) is 6. The lowest BCUT2D eigenvalue weighted by atomic mass is 10.3. The lowest BCUT2D eigenvalue weighted by molar-refractivity contribution is -0.121. The molecule has 0 bridgehead atoms. The van der Waals surface area contributed by atoms with E-state index in [9.17, 15) is 14.4 Å². The minimum Gasteiger partial charge on any atom is -0.459 e. The van der Waals surface area contributed by atoms with Gasteiger partial charge in [0.1, 0.15) is 0 Å². The summed E-state index contributed by atoms with van der Waals surface area (Å²) < 4.78 is 4.90. The topological polar surface area (TPSA) is 105 Å². The fourth-order valence-electron chi connectivity index (χ4n) is 2.16. The average Bonchev–Trinajstić information content (AvgIpc) is 3.25. The van der Waals surface area contributed by atoms with Crippen LogP contribution in [0, 0.1) is 0 Å². The zero-order valence-corrected chi connectivity index (χ0v) is 12.9. The van der Waals surface area contributed by atoms with Gasteiger partial charge in [-0.15, -0.1) is 11.3 Å². The summed E-state index contributed by atoms with van der Waals surface area (Å²) in [7, 11) is 0. The minimum absolute atomic E-state index is 0.0109. The van der Waals surface area contributed by atoms with Gasteiger partial charge in [-0.25, -0.2) is 4.98 Å². The van der Waals surface area contributed by atoms with Crippen LogP contribution in [0.2, 0.25) is 0 Å². The van der Waals surface area contributed by atoms with Gasteiger partial charge in [0, 0.05) is 18.3 Å². The van der Waals surface area contributed by atoms with Gasteiger partial charge in [-0.05, 0) is 18.6 Å². The third-order valence-corrected chi connectivity index (χ3v) is 4.16. The summed E-state index contributed by atoms with van der Waals surface area (Å²) in [5, 5.41) is 2.34. The molecule has 2 N–H and O–H groups in total. The molecule has 0 aromatic carbocycles. The molecule has 0 spiro atoms. The standard InChI is InChI=1S/C14H14N4O4S/c19-11(16-17-13(21)10-3-2-6-22-10)7-9-8-23-14(15-9)18-5-1-4-12(18)20/h2-3,6,8H,1,4-5,7H2,(H,16,19)(H,17,21). The second-order valence-corrected chi connectivity index (χ2v) is 5.76. The van der Waals surface area contributed by atoms with E-state index in [1.807, 2.05) is 0 Å². The van der Waals surface area contributed by atoms with Gasteiger partial charge in [0.05, 0.1) is 18.4 Å². The number of aromatic nitrogens is 1. The van der Waals surface area contributed by atoms with Crippen LogP contribution in [0.4, 0.5) is 5.13 Å². The van der Waals surface area contributed by atoms with Gasteiger partial charge < -0.3 is 4.42 Å². The van der Waals surface area contributed by atoms with Crippen molar-refractivity contribution in [2.24, 2.45) is 0 Å². The maximum atomic E-state index is 11.8. The molecule has 9 heteroatoms. The Bertz CT molecular complexity index is 725. The molecule has 2 aromatic heterocycles. The molecule has 1 aliphatic rings. The molecule has 8 nitrogen and oxygen atoms in total. The third kappa shape index (κ3) is 3.57. The van der Waals surface area contributed by atoms with E-state index in [-0.39, 0.29) is 18.1 Å². The average molecular weight is 334 g/mol. The lowest BCUT2D eigenvalue weighted by Crippen LogP contribution is -2.42. The molecule has 0 atom stereocenters. The smallest absolute Gasteiger partial charge is 0.305 e. The van der Waals surface area contributed by atoms with Crippen LogP contribution in [0.5, 0.6) is 0 Å². The van der Waals surface area contributed by atoms with E-state index in [4.69, 9.17) is 4.42 Å². The van der Waals surface area contributed by atoms with Crippen molar-refractivity contribution in [1.29, 1.82) is 0 Å². The van der Waals surface area contributed by atoms with Crippen LogP contribution in [-0.4, -0.2) is 29.3 Å². The van der Waals surface area contributed by atoms with Crippen LogP contribution in [0.15, 0.2) is 28.2 Å². The second kappa shape index (κ2) is 6.61. The number of furan rings is 1. The van der Waals surface area contributed by atoms with Crippen LogP contribution in [0.25, 0.3) is 0 Å². The highest BCUT2D eigenvalue weighted by Gasteiger charge is 2.24. The Balaban J connectivity index is 1.51. The van der Waals surface area contributed by atoms with Gasteiger partial charge in [-0.3, -0.25) is 30.1 Å². The summed E-state index contributed by atoms with van der Waals surface area (Å²) in [5.74, 6) is -0.783. The number of thiazole rings is 1. The molecule has 1 saturated heterocycles.